The van der Waals surface area contributed by atoms with Crippen molar-refractivity contribution >= 4 is 5.91 Å². The van der Waals surface area contributed by atoms with Gasteiger partial charge in [0, 0.05) is 50.1 Å². The summed E-state index contributed by atoms with van der Waals surface area (Å²) >= 11 is 0. The van der Waals surface area contributed by atoms with E-state index in [0.717, 1.165) is 31.7 Å². The third-order valence-corrected chi connectivity index (χ3v) is 6.00. The molecule has 2 aromatic rings. The number of pyridine rings is 2. The molecule has 29 heavy (non-hydrogen) atoms. The number of hydrogen-bond acceptors (Lipinski definition) is 4. The van der Waals surface area contributed by atoms with Crippen molar-refractivity contribution in [2.75, 3.05) is 26.2 Å². The average molecular weight is 393 g/mol. The van der Waals surface area contributed by atoms with E-state index >= 15 is 0 Å². The van der Waals surface area contributed by atoms with Gasteiger partial charge in [0.1, 0.15) is 5.69 Å². The molecule has 2 bridgehead atoms. The predicted molar refractivity (Wildman–Crippen MR) is 113 cm³/mol. The molecule has 1 saturated heterocycles. The lowest BCUT2D eigenvalue weighted by Gasteiger charge is -2.47. The van der Waals surface area contributed by atoms with Crippen LogP contribution in [0.3, 0.4) is 0 Å². The van der Waals surface area contributed by atoms with E-state index in [-0.39, 0.29) is 17.5 Å². The highest BCUT2D eigenvalue weighted by Crippen LogP contribution is 2.40. The number of rotatable bonds is 5. The van der Waals surface area contributed by atoms with Crippen LogP contribution in [0.15, 0.2) is 59.0 Å². The standard InChI is InChI=1S/C23H28N4O2/c1-16(2)9-11-26-14-17-12-18(15-26)21(27-20(17)7-5-8-22(27)28)13-25-23(29)19-6-3-4-10-24-19/h3-10,17-18,21H,11-15H2,1-2H3,(H,25,29)/t17-,18+,21+/m1/s1. The van der Waals surface area contributed by atoms with Gasteiger partial charge < -0.3 is 9.88 Å². The first kappa shape index (κ1) is 19.6. The van der Waals surface area contributed by atoms with Crippen LogP contribution in [0.5, 0.6) is 0 Å². The van der Waals surface area contributed by atoms with Crippen LogP contribution in [0.2, 0.25) is 0 Å². The summed E-state index contributed by atoms with van der Waals surface area (Å²) in [7, 11) is 0. The minimum absolute atomic E-state index is 0.0204. The number of fused-ring (bicyclic) bond motifs is 4. The van der Waals surface area contributed by atoms with Crippen LogP contribution in [-0.2, 0) is 0 Å². The van der Waals surface area contributed by atoms with E-state index in [1.807, 2.05) is 10.6 Å². The maximum atomic E-state index is 12.7. The Morgan fingerprint density at radius 1 is 1.21 bits per heavy atom. The lowest BCUT2D eigenvalue weighted by atomic mass is 9.78. The molecule has 4 heterocycles. The summed E-state index contributed by atoms with van der Waals surface area (Å²) in [4.78, 5) is 31.8. The molecule has 1 amide bonds. The predicted octanol–water partition coefficient (Wildman–Crippen LogP) is 2.60. The lowest BCUT2D eigenvalue weighted by molar-refractivity contribution is 0.0853. The molecule has 152 valence electrons. The maximum absolute atomic E-state index is 12.7. The van der Waals surface area contributed by atoms with E-state index < -0.39 is 0 Å². The van der Waals surface area contributed by atoms with Crippen molar-refractivity contribution < 1.29 is 4.79 Å². The third-order valence-electron chi connectivity index (χ3n) is 6.00. The highest BCUT2D eigenvalue weighted by molar-refractivity contribution is 5.92. The molecule has 0 unspecified atom stereocenters. The Labute approximate surface area is 171 Å². The second-order valence-corrected chi connectivity index (χ2v) is 8.34. The van der Waals surface area contributed by atoms with Crippen LogP contribution in [0.25, 0.3) is 0 Å². The maximum Gasteiger partial charge on any atom is 0.269 e. The first-order chi connectivity index (χ1) is 14.0. The minimum atomic E-state index is -0.199. The van der Waals surface area contributed by atoms with Gasteiger partial charge in [-0.05, 0) is 44.4 Å². The van der Waals surface area contributed by atoms with Gasteiger partial charge in [-0.3, -0.25) is 19.5 Å². The monoisotopic (exact) mass is 392 g/mol. The molecule has 0 saturated carbocycles. The zero-order chi connectivity index (χ0) is 20.4. The fourth-order valence-electron chi connectivity index (χ4n) is 4.64. The van der Waals surface area contributed by atoms with Gasteiger partial charge in [0.15, 0.2) is 0 Å². The first-order valence-corrected chi connectivity index (χ1v) is 10.3. The fraction of sp³-hybridized carbons (Fsp3) is 0.435. The summed E-state index contributed by atoms with van der Waals surface area (Å²) in [6.07, 6.45) is 4.93. The second-order valence-electron chi connectivity index (χ2n) is 8.34. The Kier molecular flexibility index (Phi) is 5.62. The number of aromatic nitrogens is 2. The summed E-state index contributed by atoms with van der Waals surface area (Å²) in [5, 5.41) is 3.01. The van der Waals surface area contributed by atoms with Crippen molar-refractivity contribution in [3.05, 3.63) is 76.0 Å². The van der Waals surface area contributed by atoms with E-state index in [9.17, 15) is 9.59 Å². The van der Waals surface area contributed by atoms with Crippen LogP contribution < -0.4 is 10.9 Å². The van der Waals surface area contributed by atoms with E-state index in [1.54, 1.807) is 30.5 Å². The van der Waals surface area contributed by atoms with Gasteiger partial charge in [-0.2, -0.15) is 0 Å². The molecule has 2 aliphatic rings. The number of likely N-dealkylation sites (tertiary alicyclic amines) is 1. The van der Waals surface area contributed by atoms with Gasteiger partial charge in [-0.25, -0.2) is 0 Å². The second kappa shape index (κ2) is 8.33. The molecule has 4 rings (SSSR count). The van der Waals surface area contributed by atoms with Crippen LogP contribution in [0.4, 0.5) is 0 Å². The quantitative estimate of drug-likeness (QED) is 0.795. The molecule has 1 fully saturated rings. The summed E-state index contributed by atoms with van der Waals surface area (Å²) in [6.45, 7) is 7.51. The number of carbonyl (C=O) groups is 1. The zero-order valence-corrected chi connectivity index (χ0v) is 17.0. The summed E-state index contributed by atoms with van der Waals surface area (Å²) in [6, 6.07) is 10.8. The average Bonchev–Trinajstić information content (AvgIpc) is 2.73. The number of nitrogens with one attached hydrogen (secondary N) is 1. The lowest BCUT2D eigenvalue weighted by Crippen LogP contribution is -2.52. The Morgan fingerprint density at radius 2 is 2.07 bits per heavy atom. The van der Waals surface area contributed by atoms with Gasteiger partial charge in [0.25, 0.3) is 11.5 Å². The fourth-order valence-corrected chi connectivity index (χ4v) is 4.64. The molecular formula is C23H28N4O2. The Bertz CT molecular complexity index is 962. The Balaban J connectivity index is 1.58. The van der Waals surface area contributed by atoms with E-state index in [0.29, 0.717) is 24.1 Å². The van der Waals surface area contributed by atoms with Crippen LogP contribution in [-0.4, -0.2) is 46.5 Å². The minimum Gasteiger partial charge on any atom is -0.349 e. The molecule has 0 aromatic carbocycles. The van der Waals surface area contributed by atoms with Crippen molar-refractivity contribution in [2.45, 2.75) is 32.2 Å². The molecule has 2 aromatic heterocycles. The molecule has 6 heteroatoms. The number of piperidine rings is 1. The van der Waals surface area contributed by atoms with E-state index in [2.05, 4.69) is 41.2 Å². The summed E-state index contributed by atoms with van der Waals surface area (Å²) < 4.78 is 1.93. The van der Waals surface area contributed by atoms with Gasteiger partial charge >= 0.3 is 0 Å². The van der Waals surface area contributed by atoms with Crippen molar-refractivity contribution in [3.8, 4) is 0 Å². The Morgan fingerprint density at radius 3 is 2.83 bits per heavy atom. The van der Waals surface area contributed by atoms with Crippen LogP contribution in [0.1, 0.15) is 48.4 Å². The summed E-state index contributed by atoms with van der Waals surface area (Å²) in [5.41, 5.74) is 2.83. The first-order valence-electron chi connectivity index (χ1n) is 10.3. The van der Waals surface area contributed by atoms with Crippen molar-refractivity contribution in [1.82, 2.24) is 19.8 Å². The molecule has 2 aliphatic heterocycles. The van der Waals surface area contributed by atoms with Gasteiger partial charge in [0.2, 0.25) is 0 Å². The number of hydrogen-bond donors (Lipinski definition) is 1. The van der Waals surface area contributed by atoms with Gasteiger partial charge in [-0.15, -0.1) is 0 Å². The zero-order valence-electron chi connectivity index (χ0n) is 17.0. The highest BCUT2D eigenvalue weighted by Gasteiger charge is 2.40. The smallest absolute Gasteiger partial charge is 0.269 e. The highest BCUT2D eigenvalue weighted by atomic mass is 16.2. The molecule has 1 N–H and O–H groups in total. The number of carbonyl (C=O) groups excluding carboxylic acids is 1. The van der Waals surface area contributed by atoms with E-state index in [4.69, 9.17) is 0 Å². The number of nitrogens with zero attached hydrogens (tertiary/aromatic N) is 3. The normalized spacial score (nSPS) is 23.2. The molecular weight excluding hydrogens is 364 g/mol. The third kappa shape index (κ3) is 4.17. The molecule has 0 radical (unpaired) electrons. The summed E-state index contributed by atoms with van der Waals surface area (Å²) in [5.74, 6) is 0.488. The largest absolute Gasteiger partial charge is 0.349 e. The van der Waals surface area contributed by atoms with Crippen molar-refractivity contribution in [1.29, 1.82) is 0 Å². The Hall–Kier alpha value is -2.73. The molecule has 0 spiro atoms. The van der Waals surface area contributed by atoms with Crippen LogP contribution >= 0.6 is 0 Å². The van der Waals surface area contributed by atoms with E-state index in [1.165, 1.54) is 5.57 Å². The van der Waals surface area contributed by atoms with Crippen LogP contribution in [0, 0.1) is 5.92 Å². The van der Waals surface area contributed by atoms with Gasteiger partial charge in [-0.1, -0.05) is 23.8 Å². The SMILES string of the molecule is CC(C)=CCN1C[C@H]2C[C@@H](C1)[C@H](CNC(=O)c1ccccn1)n1c2cccc1=O. The van der Waals surface area contributed by atoms with Crippen molar-refractivity contribution in [3.63, 3.8) is 0 Å². The van der Waals surface area contributed by atoms with Gasteiger partial charge in [0.05, 0.1) is 6.04 Å². The molecule has 0 aliphatic carbocycles. The number of allylic oxidation sites excluding steroid dienone is 1. The topological polar surface area (TPSA) is 67.2 Å². The molecule has 3 atom stereocenters. The number of amides is 1. The van der Waals surface area contributed by atoms with Crippen molar-refractivity contribution in [2.24, 2.45) is 5.92 Å². The molecule has 6 nitrogen and oxygen atoms in total.